The quantitative estimate of drug-likeness (QED) is 0.630. The number of nitrogens with zero attached hydrogens (tertiary/aromatic N) is 3. The molecule has 1 rings (SSSR count). The van der Waals surface area contributed by atoms with Crippen molar-refractivity contribution in [3.05, 3.63) is 10.3 Å². The molecule has 0 aliphatic carbocycles. The van der Waals surface area contributed by atoms with Crippen molar-refractivity contribution in [3.8, 4) is 0 Å². The summed E-state index contributed by atoms with van der Waals surface area (Å²) in [6, 6.07) is 0.0781. The van der Waals surface area contributed by atoms with Gasteiger partial charge in [0.2, 0.25) is 0 Å². The van der Waals surface area contributed by atoms with E-state index in [1.165, 1.54) is 0 Å². The minimum Gasteiger partial charge on any atom is -0.271 e. The lowest BCUT2D eigenvalue weighted by molar-refractivity contribution is 0.363. The van der Waals surface area contributed by atoms with Crippen molar-refractivity contribution in [1.29, 1.82) is 0 Å². The fourth-order valence-electron chi connectivity index (χ4n) is 1.42. The molecule has 2 atom stereocenters. The Labute approximate surface area is 92.1 Å². The maximum Gasteiger partial charge on any atom is 0.153 e. The summed E-state index contributed by atoms with van der Waals surface area (Å²) in [5.41, 5.74) is 3.79. The van der Waals surface area contributed by atoms with Gasteiger partial charge in [0, 0.05) is 7.05 Å². The van der Waals surface area contributed by atoms with Crippen molar-refractivity contribution in [1.82, 2.24) is 20.4 Å². The summed E-state index contributed by atoms with van der Waals surface area (Å²) in [6.07, 6.45) is 1.05. The zero-order chi connectivity index (χ0) is 10.7. The van der Waals surface area contributed by atoms with E-state index in [0.29, 0.717) is 5.92 Å². The summed E-state index contributed by atoms with van der Waals surface area (Å²) in [5.74, 6) is 5.98. The van der Waals surface area contributed by atoms with Gasteiger partial charge in [0.05, 0.1) is 11.7 Å². The van der Waals surface area contributed by atoms with Gasteiger partial charge in [-0.1, -0.05) is 25.5 Å². The van der Waals surface area contributed by atoms with E-state index in [1.807, 2.05) is 7.05 Å². The van der Waals surface area contributed by atoms with Crippen molar-refractivity contribution in [2.75, 3.05) is 0 Å². The smallest absolute Gasteiger partial charge is 0.153 e. The SMILES string of the molecule is CCC(C)C(NN)c1c(Br)nnn1C. The van der Waals surface area contributed by atoms with Crippen LogP contribution >= 0.6 is 15.9 Å². The maximum absolute atomic E-state index is 5.54. The van der Waals surface area contributed by atoms with Crippen molar-refractivity contribution >= 4 is 15.9 Å². The summed E-state index contributed by atoms with van der Waals surface area (Å²) >= 11 is 3.37. The second-order valence-corrected chi connectivity index (χ2v) is 4.17. The third-order valence-corrected chi connectivity index (χ3v) is 3.08. The molecule has 3 N–H and O–H groups in total. The number of aryl methyl sites for hydroxylation is 1. The van der Waals surface area contributed by atoms with Crippen LogP contribution in [-0.2, 0) is 7.05 Å². The highest BCUT2D eigenvalue weighted by molar-refractivity contribution is 9.10. The minimum absolute atomic E-state index is 0.0781. The van der Waals surface area contributed by atoms with Crippen LogP contribution in [0.2, 0.25) is 0 Å². The van der Waals surface area contributed by atoms with Crippen LogP contribution in [0.15, 0.2) is 4.60 Å². The number of rotatable bonds is 4. The molecule has 1 aromatic heterocycles. The van der Waals surface area contributed by atoms with Gasteiger partial charge in [-0.3, -0.25) is 11.3 Å². The van der Waals surface area contributed by atoms with Crippen molar-refractivity contribution < 1.29 is 0 Å². The van der Waals surface area contributed by atoms with Crippen LogP contribution in [0.5, 0.6) is 0 Å². The molecule has 0 spiro atoms. The van der Waals surface area contributed by atoms with E-state index in [0.717, 1.165) is 16.7 Å². The minimum atomic E-state index is 0.0781. The number of hydrazine groups is 1. The highest BCUT2D eigenvalue weighted by Crippen LogP contribution is 2.27. The van der Waals surface area contributed by atoms with Crippen molar-refractivity contribution in [2.24, 2.45) is 18.8 Å². The maximum atomic E-state index is 5.54. The lowest BCUT2D eigenvalue weighted by Crippen LogP contribution is -2.34. The van der Waals surface area contributed by atoms with E-state index in [9.17, 15) is 0 Å². The summed E-state index contributed by atoms with van der Waals surface area (Å²) < 4.78 is 2.49. The monoisotopic (exact) mass is 261 g/mol. The number of hydrogen-bond donors (Lipinski definition) is 2. The number of aromatic nitrogens is 3. The Balaban J connectivity index is 2.99. The predicted octanol–water partition coefficient (Wildman–Crippen LogP) is 1.13. The summed E-state index contributed by atoms with van der Waals surface area (Å²) in [4.78, 5) is 0. The molecule has 0 saturated heterocycles. The van der Waals surface area contributed by atoms with Gasteiger partial charge in [0.15, 0.2) is 4.60 Å². The second kappa shape index (κ2) is 4.86. The molecule has 6 heteroatoms. The number of halogens is 1. The van der Waals surface area contributed by atoms with Crippen LogP contribution in [0, 0.1) is 5.92 Å². The number of hydrogen-bond acceptors (Lipinski definition) is 4. The Bertz CT molecular complexity index is 278. The standard InChI is InChI=1S/C8H16BrN5/c1-4-5(2)6(11-10)7-8(9)12-13-14(7)3/h5-6,11H,4,10H2,1-3H3. The zero-order valence-corrected chi connectivity index (χ0v) is 10.2. The molecule has 0 aliphatic heterocycles. The number of nitrogens with two attached hydrogens (primary N) is 1. The van der Waals surface area contributed by atoms with Gasteiger partial charge in [0.25, 0.3) is 0 Å². The Morgan fingerprint density at radius 3 is 2.64 bits per heavy atom. The first-order valence-electron chi connectivity index (χ1n) is 4.63. The third-order valence-electron chi connectivity index (χ3n) is 2.51. The summed E-state index contributed by atoms with van der Waals surface area (Å²) in [6.45, 7) is 4.27. The molecule has 0 saturated carbocycles. The van der Waals surface area contributed by atoms with Crippen molar-refractivity contribution in [3.63, 3.8) is 0 Å². The molecule has 0 amide bonds. The van der Waals surface area contributed by atoms with Gasteiger partial charge in [-0.05, 0) is 21.8 Å². The van der Waals surface area contributed by atoms with Crippen LogP contribution in [0.4, 0.5) is 0 Å². The molecular formula is C8H16BrN5. The van der Waals surface area contributed by atoms with Crippen LogP contribution in [0.25, 0.3) is 0 Å². The van der Waals surface area contributed by atoms with E-state index >= 15 is 0 Å². The molecule has 0 aliphatic rings. The fraction of sp³-hybridized carbons (Fsp3) is 0.750. The molecule has 2 unspecified atom stereocenters. The van der Waals surface area contributed by atoms with E-state index in [1.54, 1.807) is 4.68 Å². The highest BCUT2D eigenvalue weighted by atomic mass is 79.9. The molecule has 1 aromatic rings. The molecule has 0 radical (unpaired) electrons. The molecular weight excluding hydrogens is 246 g/mol. The third kappa shape index (κ3) is 2.13. The molecule has 0 aromatic carbocycles. The van der Waals surface area contributed by atoms with Crippen LogP contribution < -0.4 is 11.3 Å². The van der Waals surface area contributed by atoms with Crippen LogP contribution in [0.1, 0.15) is 32.0 Å². The predicted molar refractivity (Wildman–Crippen MR) is 58.2 cm³/mol. The van der Waals surface area contributed by atoms with Gasteiger partial charge in [-0.25, -0.2) is 4.68 Å². The van der Waals surface area contributed by atoms with E-state index < -0.39 is 0 Å². The average molecular weight is 262 g/mol. The van der Waals surface area contributed by atoms with E-state index in [4.69, 9.17) is 5.84 Å². The zero-order valence-electron chi connectivity index (χ0n) is 8.66. The van der Waals surface area contributed by atoms with E-state index in [2.05, 4.69) is 45.5 Å². The van der Waals surface area contributed by atoms with Gasteiger partial charge < -0.3 is 0 Å². The van der Waals surface area contributed by atoms with Crippen LogP contribution in [0.3, 0.4) is 0 Å². The average Bonchev–Trinajstić information content (AvgIpc) is 2.50. The Hall–Kier alpha value is -0.460. The first kappa shape index (κ1) is 11.6. The normalized spacial score (nSPS) is 15.5. The summed E-state index contributed by atoms with van der Waals surface area (Å²) in [5, 5.41) is 7.86. The first-order chi connectivity index (χ1) is 6.61. The van der Waals surface area contributed by atoms with Gasteiger partial charge in [-0.2, -0.15) is 0 Å². The topological polar surface area (TPSA) is 68.8 Å². The Morgan fingerprint density at radius 1 is 1.64 bits per heavy atom. The van der Waals surface area contributed by atoms with Crippen molar-refractivity contribution in [2.45, 2.75) is 26.3 Å². The Morgan fingerprint density at radius 2 is 2.29 bits per heavy atom. The molecule has 14 heavy (non-hydrogen) atoms. The first-order valence-corrected chi connectivity index (χ1v) is 5.42. The second-order valence-electron chi connectivity index (χ2n) is 3.42. The molecule has 80 valence electrons. The van der Waals surface area contributed by atoms with E-state index in [-0.39, 0.29) is 6.04 Å². The lowest BCUT2D eigenvalue weighted by atomic mass is 9.97. The molecule has 0 fully saturated rings. The van der Waals surface area contributed by atoms with Gasteiger partial charge in [0.1, 0.15) is 0 Å². The fourth-order valence-corrected chi connectivity index (χ4v) is 1.99. The van der Waals surface area contributed by atoms with Crippen LogP contribution in [-0.4, -0.2) is 15.0 Å². The Kier molecular flexibility index (Phi) is 4.03. The van der Waals surface area contributed by atoms with Gasteiger partial charge in [-0.15, -0.1) is 5.10 Å². The highest BCUT2D eigenvalue weighted by Gasteiger charge is 2.23. The largest absolute Gasteiger partial charge is 0.271 e. The van der Waals surface area contributed by atoms with Gasteiger partial charge >= 0.3 is 0 Å². The number of nitrogens with one attached hydrogen (secondary N) is 1. The lowest BCUT2D eigenvalue weighted by Gasteiger charge is -2.21. The summed E-state index contributed by atoms with van der Waals surface area (Å²) in [7, 11) is 1.86. The molecule has 1 heterocycles. The molecule has 5 nitrogen and oxygen atoms in total. The molecule has 0 bridgehead atoms.